The largest absolute Gasteiger partial charge is 0.455 e. The van der Waals surface area contributed by atoms with E-state index in [1.54, 1.807) is 52.8 Å². The summed E-state index contributed by atoms with van der Waals surface area (Å²) in [7, 11) is 0. The fraction of sp³-hybridized carbons (Fsp3) is 0.647. The van der Waals surface area contributed by atoms with Crippen molar-refractivity contribution < 1.29 is 34.1 Å². The van der Waals surface area contributed by atoms with Crippen LogP contribution in [0.2, 0.25) is 0 Å². The lowest BCUT2D eigenvalue weighted by molar-refractivity contribution is -0.142. The first-order valence-electron chi connectivity index (χ1n) is 15.2. The Morgan fingerprint density at radius 1 is 1.10 bits per heavy atom. The van der Waals surface area contributed by atoms with E-state index in [-0.39, 0.29) is 42.3 Å². The van der Waals surface area contributed by atoms with Crippen molar-refractivity contribution in [3.63, 3.8) is 0 Å². The van der Waals surface area contributed by atoms with Crippen molar-refractivity contribution in [1.82, 2.24) is 5.32 Å². The number of aliphatic hydroxyl groups excluding tert-OH is 2. The maximum atomic E-state index is 13.0. The zero-order valence-corrected chi connectivity index (χ0v) is 26.6. The van der Waals surface area contributed by atoms with Crippen molar-refractivity contribution in [2.75, 3.05) is 0 Å². The fourth-order valence-corrected chi connectivity index (χ4v) is 4.88. The van der Waals surface area contributed by atoms with Gasteiger partial charge >= 0.3 is 5.97 Å². The zero-order chi connectivity index (χ0) is 32.0. The van der Waals surface area contributed by atoms with E-state index in [2.05, 4.69) is 11.9 Å². The van der Waals surface area contributed by atoms with E-state index in [0.29, 0.717) is 37.7 Å². The van der Waals surface area contributed by atoms with Crippen LogP contribution in [-0.4, -0.2) is 58.0 Å². The highest BCUT2D eigenvalue weighted by molar-refractivity contribution is 5.99. The molecule has 42 heavy (non-hydrogen) atoms. The second-order valence-electron chi connectivity index (χ2n) is 12.1. The molecule has 0 spiro atoms. The number of Topliss-reactive ketones (excluding diaryl/α,β-unsaturated/α-hetero) is 2. The van der Waals surface area contributed by atoms with Gasteiger partial charge in [-0.15, -0.1) is 0 Å². The lowest BCUT2D eigenvalue weighted by Gasteiger charge is -2.23. The van der Waals surface area contributed by atoms with Gasteiger partial charge in [0.05, 0.1) is 18.6 Å². The summed E-state index contributed by atoms with van der Waals surface area (Å²) in [6.45, 7) is 16.1. The first-order chi connectivity index (χ1) is 19.7. The number of rotatable bonds is 7. The van der Waals surface area contributed by atoms with Crippen LogP contribution < -0.4 is 5.32 Å². The lowest BCUT2D eigenvalue weighted by Crippen LogP contribution is -2.36. The minimum absolute atomic E-state index is 0.0995. The average Bonchev–Trinajstić information content (AvgIpc) is 2.93. The van der Waals surface area contributed by atoms with E-state index in [1.807, 2.05) is 26.0 Å². The summed E-state index contributed by atoms with van der Waals surface area (Å²) in [5.74, 6) is -2.69. The van der Waals surface area contributed by atoms with E-state index >= 15 is 0 Å². The van der Waals surface area contributed by atoms with Gasteiger partial charge in [0.2, 0.25) is 5.91 Å². The topological polar surface area (TPSA) is 130 Å². The van der Waals surface area contributed by atoms with E-state index in [0.717, 1.165) is 5.57 Å². The van der Waals surface area contributed by atoms with Crippen molar-refractivity contribution in [2.45, 2.75) is 118 Å². The van der Waals surface area contributed by atoms with Crippen molar-refractivity contribution >= 4 is 23.4 Å². The predicted molar refractivity (Wildman–Crippen MR) is 165 cm³/mol. The number of carbonyl (C=O) groups excluding carboxylic acids is 4. The van der Waals surface area contributed by atoms with Gasteiger partial charge < -0.3 is 20.3 Å². The number of aliphatic hydroxyl groups is 2. The summed E-state index contributed by atoms with van der Waals surface area (Å²) in [5, 5.41) is 23.9. The number of cyclic esters (lactones) is 1. The first kappa shape index (κ1) is 37.2. The Kier molecular flexibility index (Phi) is 16.5. The molecule has 1 aliphatic rings. The Bertz CT molecular complexity index is 1030. The summed E-state index contributed by atoms with van der Waals surface area (Å²) in [6, 6.07) is -0.291. The highest BCUT2D eigenvalue weighted by atomic mass is 16.5. The van der Waals surface area contributed by atoms with Crippen LogP contribution in [0.25, 0.3) is 0 Å². The van der Waals surface area contributed by atoms with Gasteiger partial charge in [-0.25, -0.2) is 4.79 Å². The molecular weight excluding hydrogens is 534 g/mol. The number of amides is 1. The molecule has 236 valence electrons. The molecule has 0 fully saturated rings. The number of hydrogen-bond acceptors (Lipinski definition) is 7. The Morgan fingerprint density at radius 2 is 1.76 bits per heavy atom. The molecule has 0 unspecified atom stereocenters. The second-order valence-corrected chi connectivity index (χ2v) is 12.1. The SMILES string of the molecule is C=C/C=C(\C)[C@H](O)CC[C@H](C)/C=C/[C@@H]1CC[C@@H](C)C(=O)CC(=O)N[C@@H](C)CCC(=O)[C@H](C)[C@@H](O)[C@@H](C)C=C(C)C(=O)O1. The van der Waals surface area contributed by atoms with Crippen molar-refractivity contribution in [3.05, 3.63) is 48.1 Å². The molecule has 8 heteroatoms. The molecule has 0 aromatic heterocycles. The minimum Gasteiger partial charge on any atom is -0.455 e. The number of ether oxygens (including phenoxy) is 1. The summed E-state index contributed by atoms with van der Waals surface area (Å²) in [5.41, 5.74) is 1.17. The number of esters is 1. The van der Waals surface area contributed by atoms with Crippen LogP contribution in [0.3, 0.4) is 0 Å². The van der Waals surface area contributed by atoms with E-state index in [1.165, 1.54) is 0 Å². The van der Waals surface area contributed by atoms with E-state index in [4.69, 9.17) is 4.74 Å². The third-order valence-electron chi connectivity index (χ3n) is 8.11. The molecule has 1 heterocycles. The monoisotopic (exact) mass is 587 g/mol. The molecule has 1 rings (SSSR count). The lowest BCUT2D eigenvalue weighted by atomic mass is 9.87. The van der Waals surface area contributed by atoms with Crippen LogP contribution in [-0.2, 0) is 23.9 Å². The Hall–Kier alpha value is -2.84. The standard InChI is InChI=1S/C34H53NO7/c1-9-10-22(3)29(36)17-12-21(2)11-15-28-16-13-23(4)31(38)20-32(39)35-26(7)14-18-30(37)27(8)33(40)24(5)19-25(6)34(41)42-28/h9-11,15,19,21,23-24,26-29,33,36,40H,1,12-14,16-18,20H2,2-8H3,(H,35,39)/b15-11+,22-10+,25-19?/t21-,23-,24+,26+,27+,28-,29-,33+/m1/s1. The van der Waals surface area contributed by atoms with Crippen LogP contribution in [0.15, 0.2) is 48.1 Å². The molecule has 3 N–H and O–H groups in total. The summed E-state index contributed by atoms with van der Waals surface area (Å²) in [6.07, 6.45) is 9.10. The molecule has 0 aromatic rings. The van der Waals surface area contributed by atoms with Gasteiger partial charge in [-0.1, -0.05) is 58.6 Å². The predicted octanol–water partition coefficient (Wildman–Crippen LogP) is 5.19. The number of nitrogens with one attached hydrogen (secondary N) is 1. The third-order valence-corrected chi connectivity index (χ3v) is 8.11. The zero-order valence-electron chi connectivity index (χ0n) is 26.6. The van der Waals surface area contributed by atoms with Crippen LogP contribution >= 0.6 is 0 Å². The number of ketones is 2. The van der Waals surface area contributed by atoms with Gasteiger partial charge in [0, 0.05) is 35.8 Å². The molecular formula is C34H53NO7. The van der Waals surface area contributed by atoms with E-state index in [9.17, 15) is 29.4 Å². The average molecular weight is 588 g/mol. The smallest absolute Gasteiger partial charge is 0.333 e. The Labute approximate surface area is 252 Å². The molecule has 0 radical (unpaired) electrons. The second kappa shape index (κ2) is 18.6. The third kappa shape index (κ3) is 13.4. The van der Waals surface area contributed by atoms with E-state index < -0.39 is 42.0 Å². The molecule has 0 aliphatic carbocycles. The molecule has 0 aromatic carbocycles. The molecule has 1 aliphatic heterocycles. The van der Waals surface area contributed by atoms with Crippen LogP contribution in [0.5, 0.6) is 0 Å². The molecule has 8 nitrogen and oxygen atoms in total. The highest BCUT2D eigenvalue weighted by Crippen LogP contribution is 2.22. The summed E-state index contributed by atoms with van der Waals surface area (Å²) in [4.78, 5) is 51.0. The highest BCUT2D eigenvalue weighted by Gasteiger charge is 2.28. The molecule has 8 atom stereocenters. The molecule has 0 bridgehead atoms. The van der Waals surface area contributed by atoms with Gasteiger partial charge in [-0.2, -0.15) is 0 Å². The van der Waals surface area contributed by atoms with Crippen LogP contribution in [0, 0.1) is 23.7 Å². The van der Waals surface area contributed by atoms with Crippen molar-refractivity contribution in [3.8, 4) is 0 Å². The quantitative estimate of drug-likeness (QED) is 0.162. The molecule has 1 amide bonds. The molecule has 0 saturated carbocycles. The van der Waals surface area contributed by atoms with Gasteiger partial charge in [0.15, 0.2) is 0 Å². The van der Waals surface area contributed by atoms with Gasteiger partial charge in [0.1, 0.15) is 17.7 Å². The minimum atomic E-state index is -0.984. The van der Waals surface area contributed by atoms with Crippen molar-refractivity contribution in [1.29, 1.82) is 0 Å². The maximum Gasteiger partial charge on any atom is 0.333 e. The van der Waals surface area contributed by atoms with Gasteiger partial charge in [0.25, 0.3) is 0 Å². The molecule has 0 saturated heterocycles. The maximum absolute atomic E-state index is 13.0. The van der Waals surface area contributed by atoms with Crippen LogP contribution in [0.4, 0.5) is 0 Å². The number of carbonyl (C=O) groups is 4. The normalized spacial score (nSPS) is 29.9. The summed E-state index contributed by atoms with van der Waals surface area (Å²) < 4.78 is 5.82. The fourth-order valence-electron chi connectivity index (χ4n) is 4.88. The van der Waals surface area contributed by atoms with Crippen LogP contribution in [0.1, 0.15) is 93.4 Å². The number of hydrogen-bond donors (Lipinski definition) is 3. The van der Waals surface area contributed by atoms with Crippen molar-refractivity contribution in [2.24, 2.45) is 23.7 Å². The number of allylic oxidation sites excluding steroid dienone is 3. The first-order valence-corrected chi connectivity index (χ1v) is 15.2. The van der Waals surface area contributed by atoms with Gasteiger partial charge in [-0.05, 0) is 70.4 Å². The van der Waals surface area contributed by atoms with Gasteiger partial charge in [-0.3, -0.25) is 14.4 Å². The Morgan fingerprint density at radius 3 is 2.40 bits per heavy atom. The summed E-state index contributed by atoms with van der Waals surface area (Å²) >= 11 is 0. The Balaban J connectivity index is 3.15.